The van der Waals surface area contributed by atoms with Crippen molar-refractivity contribution >= 4 is 22.4 Å². The molecule has 0 aliphatic heterocycles. The van der Waals surface area contributed by atoms with Crippen LogP contribution < -0.4 is 9.47 Å². The van der Waals surface area contributed by atoms with Gasteiger partial charge in [0.15, 0.2) is 0 Å². The summed E-state index contributed by atoms with van der Waals surface area (Å²) in [5.41, 5.74) is 0.0150. The molecule has 0 saturated carbocycles. The van der Waals surface area contributed by atoms with Crippen LogP contribution in [0.1, 0.15) is 10.4 Å². The molecule has 3 aromatic carbocycles. The highest BCUT2D eigenvalue weighted by Crippen LogP contribution is 2.32. The summed E-state index contributed by atoms with van der Waals surface area (Å²) in [5.74, 6) is -0.467. The molecule has 0 aliphatic carbocycles. The first-order chi connectivity index (χ1) is 11.6. The van der Waals surface area contributed by atoms with E-state index in [2.05, 4.69) is 0 Å². The Kier molecular flexibility index (Phi) is 4.11. The minimum Gasteiger partial charge on any atom is -0.496 e. The number of carbonyl (C=O) groups excluding carboxylic acids is 1. The van der Waals surface area contributed by atoms with Crippen molar-refractivity contribution in [3.8, 4) is 11.5 Å². The average Bonchev–Trinajstić information content (AvgIpc) is 2.61. The smallest absolute Gasteiger partial charge is 0.344 e. The molecule has 3 rings (SSSR count). The molecule has 3 aromatic rings. The second kappa shape index (κ2) is 6.37. The molecule has 0 bridgehead atoms. The molecule has 0 fully saturated rings. The molecule has 0 saturated heterocycles. The molecule has 0 unspecified atom stereocenters. The minimum atomic E-state index is -0.653. The Morgan fingerprint density at radius 3 is 2.54 bits per heavy atom. The van der Waals surface area contributed by atoms with Gasteiger partial charge in [-0.1, -0.05) is 36.4 Å². The Hall–Kier alpha value is -3.41. The molecule has 6 heteroatoms. The molecule has 24 heavy (non-hydrogen) atoms. The van der Waals surface area contributed by atoms with Crippen LogP contribution in [0.5, 0.6) is 11.5 Å². The average molecular weight is 323 g/mol. The van der Waals surface area contributed by atoms with Crippen LogP contribution in [-0.2, 0) is 0 Å². The van der Waals surface area contributed by atoms with Gasteiger partial charge in [-0.15, -0.1) is 0 Å². The van der Waals surface area contributed by atoms with Crippen LogP contribution in [0.3, 0.4) is 0 Å². The maximum Gasteiger partial charge on any atom is 0.344 e. The fourth-order valence-corrected chi connectivity index (χ4v) is 2.41. The van der Waals surface area contributed by atoms with Crippen LogP contribution in [0.25, 0.3) is 10.8 Å². The number of benzene rings is 3. The number of carbonyl (C=O) groups is 1. The number of nitro groups is 1. The summed E-state index contributed by atoms with van der Waals surface area (Å²) in [4.78, 5) is 23.0. The lowest BCUT2D eigenvalue weighted by Crippen LogP contribution is -2.10. The standard InChI is InChI=1S/C18H13NO5/c1-23-13-9-10-17(16(11-13)19(21)22)24-18(20)15-8-4-6-12-5-2-3-7-14(12)15/h2-11H,1H3. The second-order valence-corrected chi connectivity index (χ2v) is 5.01. The lowest BCUT2D eigenvalue weighted by Gasteiger charge is -2.08. The summed E-state index contributed by atoms with van der Waals surface area (Å²) in [5, 5.41) is 12.8. The first-order valence-electron chi connectivity index (χ1n) is 7.12. The Labute approximate surface area is 137 Å². The largest absolute Gasteiger partial charge is 0.496 e. The van der Waals surface area contributed by atoms with Gasteiger partial charge in [0.05, 0.1) is 23.7 Å². The minimum absolute atomic E-state index is 0.126. The molecule has 0 N–H and O–H groups in total. The highest BCUT2D eigenvalue weighted by molar-refractivity contribution is 6.05. The summed E-state index contributed by atoms with van der Waals surface area (Å²) in [6, 6.07) is 16.7. The van der Waals surface area contributed by atoms with Crippen molar-refractivity contribution in [2.24, 2.45) is 0 Å². The zero-order valence-electron chi connectivity index (χ0n) is 12.8. The second-order valence-electron chi connectivity index (χ2n) is 5.01. The van der Waals surface area contributed by atoms with E-state index in [4.69, 9.17) is 9.47 Å². The number of methoxy groups -OCH3 is 1. The Morgan fingerprint density at radius 2 is 1.79 bits per heavy atom. The van der Waals surface area contributed by atoms with Gasteiger partial charge < -0.3 is 9.47 Å². The quantitative estimate of drug-likeness (QED) is 0.314. The fourth-order valence-electron chi connectivity index (χ4n) is 2.41. The van der Waals surface area contributed by atoms with E-state index in [1.807, 2.05) is 24.3 Å². The molecule has 0 aliphatic rings. The zero-order valence-corrected chi connectivity index (χ0v) is 12.8. The molecular formula is C18H13NO5. The van der Waals surface area contributed by atoms with Crippen molar-refractivity contribution in [3.05, 3.63) is 76.3 Å². The highest BCUT2D eigenvalue weighted by Gasteiger charge is 2.21. The van der Waals surface area contributed by atoms with E-state index < -0.39 is 10.9 Å². The highest BCUT2D eigenvalue weighted by atomic mass is 16.6. The lowest BCUT2D eigenvalue weighted by atomic mass is 10.0. The number of nitro benzene ring substituents is 1. The summed E-state index contributed by atoms with van der Waals surface area (Å²) in [6.45, 7) is 0. The molecule has 0 atom stereocenters. The van der Waals surface area contributed by atoms with Crippen molar-refractivity contribution in [1.82, 2.24) is 0 Å². The third-order valence-electron chi connectivity index (χ3n) is 3.58. The lowest BCUT2D eigenvalue weighted by molar-refractivity contribution is -0.385. The predicted molar refractivity (Wildman–Crippen MR) is 88.6 cm³/mol. The van der Waals surface area contributed by atoms with E-state index in [0.29, 0.717) is 11.3 Å². The Morgan fingerprint density at radius 1 is 1.04 bits per heavy atom. The van der Waals surface area contributed by atoms with Gasteiger partial charge in [-0.2, -0.15) is 0 Å². The summed E-state index contributed by atoms with van der Waals surface area (Å²) in [6.07, 6.45) is 0. The van der Waals surface area contributed by atoms with Crippen LogP contribution in [-0.4, -0.2) is 18.0 Å². The summed E-state index contributed by atoms with van der Waals surface area (Å²) in [7, 11) is 1.40. The Bertz CT molecular complexity index is 930. The van der Waals surface area contributed by atoms with Gasteiger partial charge >= 0.3 is 11.7 Å². The van der Waals surface area contributed by atoms with Crippen molar-refractivity contribution in [2.75, 3.05) is 7.11 Å². The first-order valence-corrected chi connectivity index (χ1v) is 7.12. The number of hydrogen-bond acceptors (Lipinski definition) is 5. The number of fused-ring (bicyclic) bond motifs is 1. The maximum absolute atomic E-state index is 12.5. The van der Waals surface area contributed by atoms with Crippen LogP contribution in [0.4, 0.5) is 5.69 Å². The first kappa shape index (κ1) is 15.5. The van der Waals surface area contributed by atoms with Crippen molar-refractivity contribution in [2.45, 2.75) is 0 Å². The zero-order chi connectivity index (χ0) is 17.1. The molecule has 0 spiro atoms. The molecular weight excluding hydrogens is 310 g/mol. The van der Waals surface area contributed by atoms with Gasteiger partial charge in [-0.3, -0.25) is 10.1 Å². The van der Waals surface area contributed by atoms with Gasteiger partial charge in [-0.05, 0) is 29.0 Å². The van der Waals surface area contributed by atoms with Gasteiger partial charge in [0.1, 0.15) is 5.75 Å². The maximum atomic E-state index is 12.5. The van der Waals surface area contributed by atoms with Gasteiger partial charge in [0.25, 0.3) is 0 Å². The van der Waals surface area contributed by atoms with E-state index >= 15 is 0 Å². The number of hydrogen-bond donors (Lipinski definition) is 0. The van der Waals surface area contributed by atoms with E-state index in [1.54, 1.807) is 18.2 Å². The molecule has 0 radical (unpaired) electrons. The van der Waals surface area contributed by atoms with Gasteiger partial charge in [-0.25, -0.2) is 4.79 Å². The monoisotopic (exact) mass is 323 g/mol. The third kappa shape index (κ3) is 2.89. The van der Waals surface area contributed by atoms with Gasteiger partial charge in [0.2, 0.25) is 5.75 Å². The van der Waals surface area contributed by atoms with Crippen LogP contribution in [0, 0.1) is 10.1 Å². The molecule has 120 valence electrons. The van der Waals surface area contributed by atoms with Crippen LogP contribution >= 0.6 is 0 Å². The molecule has 6 nitrogen and oxygen atoms in total. The SMILES string of the molecule is COc1ccc(OC(=O)c2cccc3ccccc23)c([N+](=O)[O-])c1. The molecule has 0 aromatic heterocycles. The van der Waals surface area contributed by atoms with E-state index in [-0.39, 0.29) is 11.4 Å². The summed E-state index contributed by atoms with van der Waals surface area (Å²) < 4.78 is 10.2. The molecule has 0 amide bonds. The van der Waals surface area contributed by atoms with E-state index in [9.17, 15) is 14.9 Å². The van der Waals surface area contributed by atoms with Crippen LogP contribution in [0.15, 0.2) is 60.7 Å². The fraction of sp³-hybridized carbons (Fsp3) is 0.0556. The van der Waals surface area contributed by atoms with Crippen molar-refractivity contribution in [1.29, 1.82) is 0 Å². The van der Waals surface area contributed by atoms with Crippen LogP contribution in [0.2, 0.25) is 0 Å². The number of nitrogens with zero attached hydrogens (tertiary/aromatic N) is 1. The van der Waals surface area contributed by atoms with E-state index in [0.717, 1.165) is 10.8 Å². The van der Waals surface area contributed by atoms with Crippen molar-refractivity contribution < 1.29 is 19.2 Å². The summed E-state index contributed by atoms with van der Waals surface area (Å²) >= 11 is 0. The number of ether oxygens (including phenoxy) is 2. The number of esters is 1. The topological polar surface area (TPSA) is 78.7 Å². The molecule has 0 heterocycles. The number of rotatable bonds is 4. The Balaban J connectivity index is 1.99. The van der Waals surface area contributed by atoms with E-state index in [1.165, 1.54) is 25.3 Å². The third-order valence-corrected chi connectivity index (χ3v) is 3.58. The normalized spacial score (nSPS) is 10.4. The predicted octanol–water partition coefficient (Wildman–Crippen LogP) is 3.98. The van der Waals surface area contributed by atoms with Crippen molar-refractivity contribution in [3.63, 3.8) is 0 Å². The van der Waals surface area contributed by atoms with Gasteiger partial charge in [0, 0.05) is 0 Å².